The van der Waals surface area contributed by atoms with Crippen LogP contribution in [0.5, 0.6) is 23.0 Å². The molecule has 0 bridgehead atoms. The molecule has 2 aliphatic rings. The SMILES string of the molecule is CCCCOC(=O)C(CC(C)C(C)(C)C(=O)Oc1cc(OC(=O)C(C)(C)C(C)(C)CC(C(=O)OCCCC)C(C)(C)Br)cc(C(=O)Oc2ccc3ccc4c(c3c2)N=CC2(O4)N(C)c3ccccc3C2(C)C)c1)C(C)(C)Br. The van der Waals surface area contributed by atoms with Gasteiger partial charge in [0.15, 0.2) is 0 Å². The third kappa shape index (κ3) is 12.8. The van der Waals surface area contributed by atoms with Crippen molar-refractivity contribution in [3.05, 3.63) is 83.9 Å². The number of carbonyl (C=O) groups is 5. The maximum Gasteiger partial charge on any atom is 0.343 e. The van der Waals surface area contributed by atoms with Crippen molar-refractivity contribution < 1.29 is 52.4 Å². The molecule has 0 fully saturated rings. The van der Waals surface area contributed by atoms with E-state index in [0.717, 1.165) is 42.3 Å². The standard InChI is InChI=1S/C62H80Br2N2O11/c1-17-19-29-72-52(68)46(60(12,13)63)31-38(3)57(6,7)54(70)75-42-32-40(33-43(34-42)76-55(71)59(10,11)56(4,5)36-47(61(14,15)64)53(69)73-30-20-18-2)51(67)74-41-27-25-39-26-28-49-50(44(39)35-41)65-37-62(77-49)58(8,9)45-23-21-22-24-48(45)66(62)16/h21-28,32-35,37-38,46-47H,17-20,29-31,36H2,1-16H3. The van der Waals surface area contributed by atoms with Gasteiger partial charge in [0.25, 0.3) is 0 Å². The van der Waals surface area contributed by atoms with E-state index in [4.69, 9.17) is 33.4 Å². The molecular formula is C62H80Br2N2O11. The van der Waals surface area contributed by atoms with E-state index >= 15 is 0 Å². The highest BCUT2D eigenvalue weighted by atomic mass is 79.9. The fourth-order valence-electron chi connectivity index (χ4n) is 9.85. The van der Waals surface area contributed by atoms with Crippen molar-refractivity contribution in [2.75, 3.05) is 25.2 Å². The van der Waals surface area contributed by atoms with Crippen molar-refractivity contribution in [1.82, 2.24) is 0 Å². The van der Waals surface area contributed by atoms with Gasteiger partial charge in [-0.1, -0.05) is 110 Å². The van der Waals surface area contributed by atoms with Gasteiger partial charge >= 0.3 is 29.8 Å². The molecule has 4 atom stereocenters. The first kappa shape index (κ1) is 60.9. The number of hydrogen-bond acceptors (Lipinski definition) is 13. The van der Waals surface area contributed by atoms with Crippen LogP contribution in [0.1, 0.15) is 158 Å². The monoisotopic (exact) mass is 1190 g/mol. The summed E-state index contributed by atoms with van der Waals surface area (Å²) in [4.78, 5) is 77.5. The minimum atomic E-state index is -1.22. The van der Waals surface area contributed by atoms with E-state index in [1.807, 2.05) is 106 Å². The zero-order chi connectivity index (χ0) is 57.3. The van der Waals surface area contributed by atoms with Gasteiger partial charge in [-0.2, -0.15) is 0 Å². The summed E-state index contributed by atoms with van der Waals surface area (Å²) in [6, 6.07) is 21.4. The zero-order valence-electron chi connectivity index (χ0n) is 48.0. The van der Waals surface area contributed by atoms with Crippen LogP contribution in [0.4, 0.5) is 11.4 Å². The second-order valence-electron chi connectivity index (χ2n) is 24.3. The molecule has 6 rings (SSSR count). The number of nitrogens with zero attached hydrogens (tertiary/aromatic N) is 2. The number of unbranched alkanes of at least 4 members (excludes halogenated alkanes) is 2. The molecule has 0 amide bonds. The molecule has 13 nitrogen and oxygen atoms in total. The molecule has 0 aliphatic carbocycles. The van der Waals surface area contributed by atoms with E-state index < -0.39 is 71.7 Å². The van der Waals surface area contributed by atoms with Crippen LogP contribution in [-0.2, 0) is 34.1 Å². The highest BCUT2D eigenvalue weighted by Gasteiger charge is 2.58. The third-order valence-electron chi connectivity index (χ3n) is 16.6. The van der Waals surface area contributed by atoms with Crippen LogP contribution in [0, 0.1) is 34.0 Å². The van der Waals surface area contributed by atoms with Crippen molar-refractivity contribution in [3.8, 4) is 23.0 Å². The van der Waals surface area contributed by atoms with Gasteiger partial charge in [-0.05, 0) is 154 Å². The molecule has 0 aromatic heterocycles. The molecule has 2 aliphatic heterocycles. The van der Waals surface area contributed by atoms with Gasteiger partial charge in [0.05, 0.1) is 53.1 Å². The summed E-state index contributed by atoms with van der Waals surface area (Å²) in [7, 11) is 2.00. The Hall–Kier alpha value is -5.28. The van der Waals surface area contributed by atoms with Crippen LogP contribution >= 0.6 is 31.9 Å². The Balaban J connectivity index is 1.32. The lowest BCUT2D eigenvalue weighted by Gasteiger charge is -2.45. The second-order valence-corrected chi connectivity index (χ2v) is 28.4. The van der Waals surface area contributed by atoms with Crippen LogP contribution in [-0.4, -0.2) is 70.7 Å². The van der Waals surface area contributed by atoms with Crippen molar-refractivity contribution in [3.63, 3.8) is 0 Å². The third-order valence-corrected chi connectivity index (χ3v) is 17.7. The molecule has 0 saturated heterocycles. The summed E-state index contributed by atoms with van der Waals surface area (Å²) < 4.78 is 35.3. The number of rotatable bonds is 22. The summed E-state index contributed by atoms with van der Waals surface area (Å²) in [6.45, 7) is 29.2. The Kier molecular flexibility index (Phi) is 18.4. The molecule has 0 saturated carbocycles. The number of esters is 5. The van der Waals surface area contributed by atoms with Crippen molar-refractivity contribution >= 4 is 90.1 Å². The zero-order valence-corrected chi connectivity index (χ0v) is 51.2. The normalized spacial score (nSPS) is 17.4. The first-order valence-corrected chi connectivity index (χ1v) is 28.5. The first-order chi connectivity index (χ1) is 35.7. The number of fused-ring (bicyclic) bond motifs is 4. The maximum absolute atomic E-state index is 14.6. The molecule has 4 aromatic rings. The Morgan fingerprint density at radius 2 is 1.26 bits per heavy atom. The first-order valence-electron chi connectivity index (χ1n) is 26.9. The molecule has 15 heteroatoms. The lowest BCUT2D eigenvalue weighted by Crippen LogP contribution is -2.61. The number of hydrogen-bond donors (Lipinski definition) is 0. The smallest absolute Gasteiger partial charge is 0.343 e. The van der Waals surface area contributed by atoms with Gasteiger partial charge in [0, 0.05) is 32.8 Å². The number of ether oxygens (including phenoxy) is 6. The van der Waals surface area contributed by atoms with E-state index in [2.05, 4.69) is 62.7 Å². The van der Waals surface area contributed by atoms with Crippen LogP contribution in [0.25, 0.3) is 10.8 Å². The maximum atomic E-state index is 14.6. The molecule has 1 spiro atoms. The second kappa shape index (κ2) is 23.2. The molecular weight excluding hydrogens is 1110 g/mol. The van der Waals surface area contributed by atoms with Gasteiger partial charge in [0.1, 0.15) is 28.7 Å². The highest BCUT2D eigenvalue weighted by Crippen LogP contribution is 2.55. The molecule has 4 aromatic carbocycles. The average molecular weight is 1190 g/mol. The van der Waals surface area contributed by atoms with Gasteiger partial charge in [-0.15, -0.1) is 0 Å². The van der Waals surface area contributed by atoms with E-state index in [-0.39, 0.29) is 41.2 Å². The molecule has 0 radical (unpaired) electrons. The summed E-state index contributed by atoms with van der Waals surface area (Å²) in [5, 5.41) is 1.53. The lowest BCUT2D eigenvalue weighted by atomic mass is 9.62. The lowest BCUT2D eigenvalue weighted by molar-refractivity contribution is -0.157. The Morgan fingerprint density at radius 3 is 1.83 bits per heavy atom. The number of benzene rings is 4. The highest BCUT2D eigenvalue weighted by molar-refractivity contribution is 9.10. The average Bonchev–Trinajstić information content (AvgIpc) is 3.51. The van der Waals surface area contributed by atoms with Crippen LogP contribution in [0.15, 0.2) is 77.8 Å². The van der Waals surface area contributed by atoms with Crippen molar-refractivity contribution in [2.24, 2.45) is 39.0 Å². The summed E-state index contributed by atoms with van der Waals surface area (Å²) in [5.41, 5.74) is -1.90. The Bertz CT molecular complexity index is 2890. The summed E-state index contributed by atoms with van der Waals surface area (Å²) in [5.74, 6) is -3.83. The number of aliphatic imine (C=N–C) groups is 1. The number of likely N-dealkylation sites (N-methyl/N-ethyl adjacent to an activating group) is 1. The van der Waals surface area contributed by atoms with E-state index in [1.54, 1.807) is 39.8 Å². The Morgan fingerprint density at radius 1 is 0.701 bits per heavy atom. The minimum Gasteiger partial charge on any atom is -0.465 e. The number of carbonyl (C=O) groups excluding carboxylic acids is 5. The topological polar surface area (TPSA) is 156 Å². The van der Waals surface area contributed by atoms with Gasteiger partial charge in [0.2, 0.25) is 5.72 Å². The van der Waals surface area contributed by atoms with Gasteiger partial charge < -0.3 is 33.3 Å². The predicted octanol–water partition coefficient (Wildman–Crippen LogP) is 14.8. The van der Waals surface area contributed by atoms with E-state index in [1.165, 1.54) is 18.2 Å². The molecule has 0 N–H and O–H groups in total. The summed E-state index contributed by atoms with van der Waals surface area (Å²) in [6.07, 6.45) is 5.62. The molecule has 418 valence electrons. The fraction of sp³-hybridized carbons (Fsp3) is 0.548. The van der Waals surface area contributed by atoms with Crippen LogP contribution < -0.4 is 23.8 Å². The largest absolute Gasteiger partial charge is 0.465 e. The molecule has 77 heavy (non-hydrogen) atoms. The van der Waals surface area contributed by atoms with E-state index in [9.17, 15) is 24.0 Å². The van der Waals surface area contributed by atoms with Gasteiger partial charge in [-0.25, -0.2) is 4.79 Å². The summed E-state index contributed by atoms with van der Waals surface area (Å²) >= 11 is 7.40. The van der Waals surface area contributed by atoms with Crippen LogP contribution in [0.2, 0.25) is 0 Å². The van der Waals surface area contributed by atoms with Crippen LogP contribution in [0.3, 0.4) is 0 Å². The predicted molar refractivity (Wildman–Crippen MR) is 310 cm³/mol. The van der Waals surface area contributed by atoms with Crippen molar-refractivity contribution in [2.45, 2.75) is 162 Å². The molecule has 2 heterocycles. The number of alkyl halides is 2. The number of halogens is 2. The quantitative estimate of drug-likeness (QED) is 0.0318. The number of anilines is 1. The number of para-hydroxylation sites is 1. The van der Waals surface area contributed by atoms with Crippen molar-refractivity contribution in [1.29, 1.82) is 0 Å². The molecule has 4 unspecified atom stereocenters. The fourth-order valence-corrected chi connectivity index (χ4v) is 10.6. The minimum absolute atomic E-state index is 0.0718. The van der Waals surface area contributed by atoms with E-state index in [0.29, 0.717) is 36.5 Å². The van der Waals surface area contributed by atoms with Gasteiger partial charge in [-0.3, -0.25) is 24.2 Å². The Labute approximate surface area is 473 Å².